The summed E-state index contributed by atoms with van der Waals surface area (Å²) in [5.74, 6) is 1.60. The van der Waals surface area contributed by atoms with E-state index >= 15 is 0 Å². The average molecular weight is 299 g/mol. The van der Waals surface area contributed by atoms with Gasteiger partial charge in [-0.2, -0.15) is 0 Å². The molecule has 0 aromatic carbocycles. The molecule has 2 N–H and O–H groups in total. The zero-order chi connectivity index (χ0) is 15.0. The Labute approximate surface area is 125 Å². The highest BCUT2D eigenvalue weighted by Crippen LogP contribution is 2.16. The lowest BCUT2D eigenvalue weighted by molar-refractivity contribution is -0.120. The van der Waals surface area contributed by atoms with E-state index in [9.17, 15) is 4.79 Å². The van der Waals surface area contributed by atoms with Crippen LogP contribution in [0.25, 0.3) is 0 Å². The number of thioether (sulfide) groups is 1. The van der Waals surface area contributed by atoms with Gasteiger partial charge in [-0.15, -0.1) is 10.2 Å². The van der Waals surface area contributed by atoms with Gasteiger partial charge in [-0.1, -0.05) is 25.6 Å². The fourth-order valence-electron chi connectivity index (χ4n) is 1.90. The second-order valence-electron chi connectivity index (χ2n) is 5.09. The van der Waals surface area contributed by atoms with Gasteiger partial charge < -0.3 is 15.2 Å². The van der Waals surface area contributed by atoms with Crippen molar-refractivity contribution in [2.24, 2.45) is 5.92 Å². The first-order valence-corrected chi connectivity index (χ1v) is 8.18. The summed E-state index contributed by atoms with van der Waals surface area (Å²) in [4.78, 5) is 11.3. The molecule has 7 heteroatoms. The Morgan fingerprint density at radius 1 is 1.40 bits per heavy atom. The summed E-state index contributed by atoms with van der Waals surface area (Å²) in [7, 11) is 1.76. The minimum absolute atomic E-state index is 0.0287. The van der Waals surface area contributed by atoms with Gasteiger partial charge in [0.05, 0.1) is 6.54 Å². The van der Waals surface area contributed by atoms with Gasteiger partial charge >= 0.3 is 0 Å². The molecule has 6 nitrogen and oxygen atoms in total. The van der Waals surface area contributed by atoms with Gasteiger partial charge in [-0.3, -0.25) is 4.79 Å². The zero-order valence-corrected chi connectivity index (χ0v) is 13.6. The fraction of sp³-hybridized carbons (Fsp3) is 0.769. The SMILES string of the molecule is CNCC(=O)NCCCc1nnc(SC)n1CC(C)C. The van der Waals surface area contributed by atoms with Crippen LogP contribution in [-0.2, 0) is 17.8 Å². The van der Waals surface area contributed by atoms with E-state index in [1.807, 2.05) is 6.26 Å². The van der Waals surface area contributed by atoms with Crippen molar-refractivity contribution in [1.29, 1.82) is 0 Å². The van der Waals surface area contributed by atoms with Crippen LogP contribution in [0.4, 0.5) is 0 Å². The second kappa shape index (κ2) is 8.97. The lowest BCUT2D eigenvalue weighted by atomic mass is 10.2. The quantitative estimate of drug-likeness (QED) is 0.524. The summed E-state index contributed by atoms with van der Waals surface area (Å²) in [6.07, 6.45) is 3.72. The third-order valence-electron chi connectivity index (χ3n) is 2.76. The first-order valence-electron chi connectivity index (χ1n) is 6.95. The maximum absolute atomic E-state index is 11.3. The van der Waals surface area contributed by atoms with Gasteiger partial charge in [0, 0.05) is 19.5 Å². The molecular formula is C13H25N5OS. The van der Waals surface area contributed by atoms with Crippen LogP contribution in [0.15, 0.2) is 5.16 Å². The number of aryl methyl sites for hydroxylation is 1. The Morgan fingerprint density at radius 3 is 2.75 bits per heavy atom. The Kier molecular flexibility index (Phi) is 7.61. The molecule has 0 aliphatic rings. The van der Waals surface area contributed by atoms with Crippen molar-refractivity contribution in [3.63, 3.8) is 0 Å². The molecule has 1 heterocycles. The summed E-state index contributed by atoms with van der Waals surface area (Å²) < 4.78 is 2.19. The predicted molar refractivity (Wildman–Crippen MR) is 81.9 cm³/mol. The highest BCUT2D eigenvalue weighted by Gasteiger charge is 2.12. The number of rotatable bonds is 9. The minimum atomic E-state index is 0.0287. The molecule has 114 valence electrons. The van der Waals surface area contributed by atoms with Gasteiger partial charge in [-0.05, 0) is 25.6 Å². The minimum Gasteiger partial charge on any atom is -0.355 e. The number of hydrogen-bond acceptors (Lipinski definition) is 5. The van der Waals surface area contributed by atoms with E-state index in [2.05, 4.69) is 39.2 Å². The summed E-state index contributed by atoms with van der Waals surface area (Å²) in [6, 6.07) is 0. The summed E-state index contributed by atoms with van der Waals surface area (Å²) in [6.45, 7) is 6.34. The highest BCUT2D eigenvalue weighted by molar-refractivity contribution is 7.98. The van der Waals surface area contributed by atoms with E-state index in [4.69, 9.17) is 0 Å². The largest absolute Gasteiger partial charge is 0.355 e. The topological polar surface area (TPSA) is 71.8 Å². The van der Waals surface area contributed by atoms with Crippen molar-refractivity contribution >= 4 is 17.7 Å². The van der Waals surface area contributed by atoms with Crippen LogP contribution < -0.4 is 10.6 Å². The lowest BCUT2D eigenvalue weighted by Gasteiger charge is -2.11. The molecular weight excluding hydrogens is 274 g/mol. The molecule has 0 radical (unpaired) electrons. The lowest BCUT2D eigenvalue weighted by Crippen LogP contribution is -2.32. The third-order valence-corrected chi connectivity index (χ3v) is 3.43. The summed E-state index contributed by atoms with van der Waals surface area (Å²) in [5, 5.41) is 15.1. The van der Waals surface area contributed by atoms with Crippen molar-refractivity contribution in [3.8, 4) is 0 Å². The number of likely N-dealkylation sites (N-methyl/N-ethyl adjacent to an activating group) is 1. The van der Waals surface area contributed by atoms with E-state index < -0.39 is 0 Å². The fourth-order valence-corrected chi connectivity index (χ4v) is 2.42. The molecule has 1 amide bonds. The van der Waals surface area contributed by atoms with Crippen LogP contribution >= 0.6 is 11.8 Å². The van der Waals surface area contributed by atoms with E-state index in [1.54, 1.807) is 18.8 Å². The van der Waals surface area contributed by atoms with E-state index in [-0.39, 0.29) is 5.91 Å². The van der Waals surface area contributed by atoms with Crippen LogP contribution in [0, 0.1) is 5.92 Å². The number of nitrogens with one attached hydrogen (secondary N) is 2. The van der Waals surface area contributed by atoms with Crippen LogP contribution in [0.2, 0.25) is 0 Å². The molecule has 1 rings (SSSR count). The molecule has 0 atom stereocenters. The van der Waals surface area contributed by atoms with Gasteiger partial charge in [-0.25, -0.2) is 0 Å². The molecule has 0 saturated carbocycles. The Hall–Kier alpha value is -1.08. The molecule has 1 aromatic rings. The van der Waals surface area contributed by atoms with E-state index in [0.29, 0.717) is 19.0 Å². The van der Waals surface area contributed by atoms with Gasteiger partial charge in [0.2, 0.25) is 5.91 Å². The standard InChI is InChI=1S/C13H25N5OS/c1-10(2)9-18-11(16-17-13(18)20-4)6-5-7-15-12(19)8-14-3/h10,14H,5-9H2,1-4H3,(H,15,19). The van der Waals surface area contributed by atoms with E-state index in [0.717, 1.165) is 30.4 Å². The van der Waals surface area contributed by atoms with Crippen LogP contribution in [0.3, 0.4) is 0 Å². The molecule has 0 bridgehead atoms. The van der Waals surface area contributed by atoms with Gasteiger partial charge in [0.25, 0.3) is 0 Å². The van der Waals surface area contributed by atoms with Crippen molar-refractivity contribution in [2.75, 3.05) is 26.4 Å². The highest BCUT2D eigenvalue weighted by atomic mass is 32.2. The molecule has 1 aromatic heterocycles. The smallest absolute Gasteiger partial charge is 0.233 e. The second-order valence-corrected chi connectivity index (χ2v) is 5.86. The van der Waals surface area contributed by atoms with Crippen LogP contribution in [0.5, 0.6) is 0 Å². The number of amides is 1. The van der Waals surface area contributed by atoms with Crippen molar-refractivity contribution in [2.45, 2.75) is 38.4 Å². The number of carbonyl (C=O) groups excluding carboxylic acids is 1. The summed E-state index contributed by atoms with van der Waals surface area (Å²) >= 11 is 1.62. The molecule has 0 fully saturated rings. The Balaban J connectivity index is 2.47. The molecule has 0 unspecified atom stereocenters. The Morgan fingerprint density at radius 2 is 2.15 bits per heavy atom. The van der Waals surface area contributed by atoms with Crippen LogP contribution in [0.1, 0.15) is 26.1 Å². The molecule has 0 aliphatic heterocycles. The normalized spacial score (nSPS) is 11.1. The number of nitrogens with zero attached hydrogens (tertiary/aromatic N) is 3. The number of hydrogen-bond donors (Lipinski definition) is 2. The Bertz CT molecular complexity index is 419. The van der Waals surface area contributed by atoms with Crippen molar-refractivity contribution in [3.05, 3.63) is 5.82 Å². The maximum Gasteiger partial charge on any atom is 0.233 e. The first kappa shape index (κ1) is 17.0. The van der Waals surface area contributed by atoms with E-state index in [1.165, 1.54) is 0 Å². The average Bonchev–Trinajstić information content (AvgIpc) is 2.76. The van der Waals surface area contributed by atoms with Crippen LogP contribution in [-0.4, -0.2) is 47.1 Å². The molecule has 0 aliphatic carbocycles. The van der Waals surface area contributed by atoms with Crippen molar-refractivity contribution in [1.82, 2.24) is 25.4 Å². The molecule has 20 heavy (non-hydrogen) atoms. The van der Waals surface area contributed by atoms with Gasteiger partial charge in [0.1, 0.15) is 5.82 Å². The summed E-state index contributed by atoms with van der Waals surface area (Å²) in [5.41, 5.74) is 0. The number of carbonyl (C=O) groups is 1. The molecule has 0 saturated heterocycles. The van der Waals surface area contributed by atoms with Crippen molar-refractivity contribution < 1.29 is 4.79 Å². The first-order chi connectivity index (χ1) is 9.58. The predicted octanol–water partition coefficient (Wildman–Crippen LogP) is 0.924. The zero-order valence-electron chi connectivity index (χ0n) is 12.8. The monoisotopic (exact) mass is 299 g/mol. The number of aromatic nitrogens is 3. The third kappa shape index (κ3) is 5.50. The van der Waals surface area contributed by atoms with Gasteiger partial charge in [0.15, 0.2) is 5.16 Å². The molecule has 0 spiro atoms. The maximum atomic E-state index is 11.3.